The van der Waals surface area contributed by atoms with E-state index >= 15 is 0 Å². The van der Waals surface area contributed by atoms with Gasteiger partial charge in [-0.3, -0.25) is 0 Å². The van der Waals surface area contributed by atoms with Crippen LogP contribution < -0.4 is 0 Å². The summed E-state index contributed by atoms with van der Waals surface area (Å²) in [6.45, 7) is 11.3. The first kappa shape index (κ1) is 12.9. The first-order valence-electron chi connectivity index (χ1n) is 6.17. The van der Waals surface area contributed by atoms with Gasteiger partial charge < -0.3 is 14.4 Å². The standard InChI is InChI=1S/C12H25NO2/c1-4-14-10-12-6-8-13(11(2)3)7-5-9-15-12/h11-12H,4-10H2,1-3H3. The zero-order valence-electron chi connectivity index (χ0n) is 10.4. The lowest BCUT2D eigenvalue weighted by Crippen LogP contribution is -2.38. The molecule has 0 aliphatic carbocycles. The van der Waals surface area contributed by atoms with Gasteiger partial charge in [-0.15, -0.1) is 0 Å². The quantitative estimate of drug-likeness (QED) is 0.715. The van der Waals surface area contributed by atoms with E-state index in [9.17, 15) is 0 Å². The van der Waals surface area contributed by atoms with Crippen LogP contribution in [-0.4, -0.2) is 50.0 Å². The Kier molecular flexibility index (Phi) is 6.22. The van der Waals surface area contributed by atoms with Crippen LogP contribution in [-0.2, 0) is 9.47 Å². The van der Waals surface area contributed by atoms with Crippen LogP contribution in [0.3, 0.4) is 0 Å². The first-order valence-corrected chi connectivity index (χ1v) is 6.17. The van der Waals surface area contributed by atoms with Gasteiger partial charge in [0.05, 0.1) is 12.7 Å². The van der Waals surface area contributed by atoms with E-state index in [-0.39, 0.29) is 0 Å². The van der Waals surface area contributed by atoms with E-state index in [0.717, 1.165) is 39.2 Å². The predicted octanol–water partition coefficient (Wildman–Crippen LogP) is 1.91. The maximum atomic E-state index is 5.76. The van der Waals surface area contributed by atoms with E-state index in [0.29, 0.717) is 12.1 Å². The number of nitrogens with zero attached hydrogens (tertiary/aromatic N) is 1. The molecule has 0 aromatic heterocycles. The molecule has 1 saturated heterocycles. The van der Waals surface area contributed by atoms with Crippen LogP contribution in [0, 0.1) is 0 Å². The van der Waals surface area contributed by atoms with E-state index in [2.05, 4.69) is 18.7 Å². The molecule has 0 saturated carbocycles. The van der Waals surface area contributed by atoms with E-state index in [1.807, 2.05) is 6.92 Å². The van der Waals surface area contributed by atoms with Gasteiger partial charge in [-0.1, -0.05) is 0 Å². The predicted molar refractivity (Wildman–Crippen MR) is 62.2 cm³/mol. The molecule has 3 heteroatoms. The lowest BCUT2D eigenvalue weighted by molar-refractivity contribution is -0.0360. The molecule has 3 nitrogen and oxygen atoms in total. The summed E-state index contributed by atoms with van der Waals surface area (Å²) in [5, 5.41) is 0. The lowest BCUT2D eigenvalue weighted by Gasteiger charge is -2.31. The summed E-state index contributed by atoms with van der Waals surface area (Å²) in [7, 11) is 0. The van der Waals surface area contributed by atoms with Crippen LogP contribution in [0.5, 0.6) is 0 Å². The average Bonchev–Trinajstić information content (AvgIpc) is 2.16. The highest BCUT2D eigenvalue weighted by Gasteiger charge is 2.17. The molecule has 0 aromatic rings. The number of hydrogen-bond acceptors (Lipinski definition) is 3. The minimum absolute atomic E-state index is 0.298. The molecular formula is C12H25NO2. The number of hydrogen-bond donors (Lipinski definition) is 0. The first-order chi connectivity index (χ1) is 7.24. The van der Waals surface area contributed by atoms with Crippen LogP contribution >= 0.6 is 0 Å². The molecule has 1 heterocycles. The van der Waals surface area contributed by atoms with Crippen LogP contribution in [0.4, 0.5) is 0 Å². The second-order valence-electron chi connectivity index (χ2n) is 4.42. The van der Waals surface area contributed by atoms with E-state index in [1.54, 1.807) is 0 Å². The van der Waals surface area contributed by atoms with Gasteiger partial charge in [0, 0.05) is 32.3 Å². The van der Waals surface area contributed by atoms with Crippen molar-refractivity contribution in [1.82, 2.24) is 4.90 Å². The van der Waals surface area contributed by atoms with Gasteiger partial charge in [-0.05, 0) is 33.6 Å². The van der Waals surface area contributed by atoms with Crippen LogP contribution in [0.1, 0.15) is 33.6 Å². The molecule has 0 aromatic carbocycles. The smallest absolute Gasteiger partial charge is 0.0820 e. The van der Waals surface area contributed by atoms with Crippen LogP contribution in [0.25, 0.3) is 0 Å². The van der Waals surface area contributed by atoms with Gasteiger partial charge in [0.15, 0.2) is 0 Å². The summed E-state index contributed by atoms with van der Waals surface area (Å²) in [5.41, 5.74) is 0. The molecule has 0 N–H and O–H groups in total. The molecule has 0 amide bonds. The largest absolute Gasteiger partial charge is 0.379 e. The normalized spacial score (nSPS) is 25.2. The summed E-state index contributed by atoms with van der Waals surface area (Å²) < 4.78 is 11.2. The van der Waals surface area contributed by atoms with Gasteiger partial charge in [0.2, 0.25) is 0 Å². The van der Waals surface area contributed by atoms with Crippen molar-refractivity contribution in [1.29, 1.82) is 0 Å². The molecule has 90 valence electrons. The Balaban J connectivity index is 2.30. The highest BCUT2D eigenvalue weighted by Crippen LogP contribution is 2.10. The fraction of sp³-hybridized carbons (Fsp3) is 1.00. The fourth-order valence-electron chi connectivity index (χ4n) is 1.92. The zero-order chi connectivity index (χ0) is 11.1. The van der Waals surface area contributed by atoms with Gasteiger partial charge in [-0.2, -0.15) is 0 Å². The third kappa shape index (κ3) is 4.96. The molecule has 0 radical (unpaired) electrons. The van der Waals surface area contributed by atoms with Crippen molar-refractivity contribution in [2.75, 3.05) is 32.9 Å². The Morgan fingerprint density at radius 2 is 2.20 bits per heavy atom. The van der Waals surface area contributed by atoms with Crippen molar-refractivity contribution < 1.29 is 9.47 Å². The van der Waals surface area contributed by atoms with Gasteiger partial charge >= 0.3 is 0 Å². The minimum atomic E-state index is 0.298. The molecule has 1 rings (SSSR count). The van der Waals surface area contributed by atoms with Crippen LogP contribution in [0.15, 0.2) is 0 Å². The zero-order valence-corrected chi connectivity index (χ0v) is 10.4. The summed E-state index contributed by atoms with van der Waals surface area (Å²) in [5.74, 6) is 0. The Hall–Kier alpha value is -0.120. The molecular weight excluding hydrogens is 190 g/mol. The van der Waals surface area contributed by atoms with Gasteiger partial charge in [-0.25, -0.2) is 0 Å². The Morgan fingerprint density at radius 1 is 1.40 bits per heavy atom. The van der Waals surface area contributed by atoms with Crippen molar-refractivity contribution in [2.45, 2.75) is 45.8 Å². The maximum Gasteiger partial charge on any atom is 0.0820 e. The van der Waals surface area contributed by atoms with Crippen molar-refractivity contribution in [3.63, 3.8) is 0 Å². The van der Waals surface area contributed by atoms with Gasteiger partial charge in [0.25, 0.3) is 0 Å². The second kappa shape index (κ2) is 7.20. The minimum Gasteiger partial charge on any atom is -0.379 e. The summed E-state index contributed by atoms with van der Waals surface area (Å²) in [6.07, 6.45) is 2.53. The van der Waals surface area contributed by atoms with E-state index in [1.165, 1.54) is 6.54 Å². The van der Waals surface area contributed by atoms with Crippen molar-refractivity contribution in [2.24, 2.45) is 0 Å². The SMILES string of the molecule is CCOCC1CCN(C(C)C)CCCO1. The Bertz CT molecular complexity index is 160. The molecule has 1 atom stereocenters. The number of rotatable bonds is 4. The molecule has 0 bridgehead atoms. The van der Waals surface area contributed by atoms with Crippen molar-refractivity contribution >= 4 is 0 Å². The van der Waals surface area contributed by atoms with E-state index < -0.39 is 0 Å². The Morgan fingerprint density at radius 3 is 2.87 bits per heavy atom. The molecule has 1 fully saturated rings. The molecule has 1 aliphatic heterocycles. The number of ether oxygens (including phenoxy) is 2. The summed E-state index contributed by atoms with van der Waals surface area (Å²) in [4.78, 5) is 2.53. The lowest BCUT2D eigenvalue weighted by atomic mass is 10.2. The van der Waals surface area contributed by atoms with Crippen molar-refractivity contribution in [3.05, 3.63) is 0 Å². The molecule has 1 unspecified atom stereocenters. The summed E-state index contributed by atoms with van der Waals surface area (Å²) in [6, 6.07) is 0.649. The van der Waals surface area contributed by atoms with Crippen molar-refractivity contribution in [3.8, 4) is 0 Å². The van der Waals surface area contributed by atoms with Gasteiger partial charge in [0.1, 0.15) is 0 Å². The highest BCUT2D eigenvalue weighted by molar-refractivity contribution is 4.69. The third-order valence-electron chi connectivity index (χ3n) is 2.92. The fourth-order valence-corrected chi connectivity index (χ4v) is 1.92. The summed E-state index contributed by atoms with van der Waals surface area (Å²) >= 11 is 0. The monoisotopic (exact) mass is 215 g/mol. The Labute approximate surface area is 93.7 Å². The topological polar surface area (TPSA) is 21.7 Å². The molecule has 1 aliphatic rings. The molecule has 0 spiro atoms. The van der Waals surface area contributed by atoms with Crippen LogP contribution in [0.2, 0.25) is 0 Å². The maximum absolute atomic E-state index is 5.76. The average molecular weight is 215 g/mol. The van der Waals surface area contributed by atoms with E-state index in [4.69, 9.17) is 9.47 Å². The third-order valence-corrected chi connectivity index (χ3v) is 2.92. The second-order valence-corrected chi connectivity index (χ2v) is 4.42. The highest BCUT2D eigenvalue weighted by atomic mass is 16.5. The molecule has 15 heavy (non-hydrogen) atoms.